The van der Waals surface area contributed by atoms with E-state index in [2.05, 4.69) is 38.5 Å². The summed E-state index contributed by atoms with van der Waals surface area (Å²) in [7, 11) is 0. The molecule has 3 rings (SSSR count). The molecule has 0 unspecified atom stereocenters. The van der Waals surface area contributed by atoms with Crippen molar-refractivity contribution in [2.45, 2.75) is 20.5 Å². The monoisotopic (exact) mass is 645 g/mol. The number of halogens is 2. The summed E-state index contributed by atoms with van der Waals surface area (Å²) in [6.45, 7) is 4.08. The largest absolute Gasteiger partial charge is 0.490 e. The summed E-state index contributed by atoms with van der Waals surface area (Å²) in [5, 5.41) is -0.513. The number of hydrogen-bond acceptors (Lipinski definition) is 7. The summed E-state index contributed by atoms with van der Waals surface area (Å²) in [6, 6.07) is 11.5. The maximum absolute atomic E-state index is 12.6. The Morgan fingerprint density at radius 2 is 1.85 bits per heavy atom. The topological polar surface area (TPSA) is 82.1 Å². The summed E-state index contributed by atoms with van der Waals surface area (Å²) >= 11 is 6.55. The molecule has 0 aromatic heterocycles. The highest BCUT2D eigenvalue weighted by molar-refractivity contribution is 14.1. The molecule has 1 fully saturated rings. The molecule has 7 nitrogen and oxygen atoms in total. The van der Waals surface area contributed by atoms with Crippen molar-refractivity contribution in [1.29, 1.82) is 0 Å². The van der Waals surface area contributed by atoms with Gasteiger partial charge in [0.05, 0.1) is 22.6 Å². The van der Waals surface area contributed by atoms with E-state index in [1.807, 2.05) is 31.2 Å². The standard InChI is InChI=1S/C23H21BrINO6S/c1-3-30-18-10-15(9-17(24)21(18)32-13-14-5-7-16(25)8-6-14)11-19-22(28)26(23(29)33-19)12-20(27)31-4-2/h5-11H,3-4,12-13H2,1-2H3/b19-11+. The molecule has 10 heteroatoms. The molecule has 2 aromatic carbocycles. The highest BCUT2D eigenvalue weighted by Gasteiger charge is 2.36. The van der Waals surface area contributed by atoms with Crippen LogP contribution in [-0.4, -0.2) is 41.8 Å². The van der Waals surface area contributed by atoms with E-state index in [1.54, 1.807) is 25.1 Å². The zero-order valence-electron chi connectivity index (χ0n) is 17.9. The quantitative estimate of drug-likeness (QED) is 0.199. The number of imide groups is 1. The molecule has 1 aliphatic rings. The van der Waals surface area contributed by atoms with Crippen LogP contribution in [0.25, 0.3) is 6.08 Å². The third-order valence-corrected chi connectivity index (χ3v) is 6.61. The average Bonchev–Trinajstić information content (AvgIpc) is 3.02. The number of nitrogens with zero attached hydrogens (tertiary/aromatic N) is 1. The van der Waals surface area contributed by atoms with Gasteiger partial charge in [-0.3, -0.25) is 19.3 Å². The summed E-state index contributed by atoms with van der Waals surface area (Å²) in [4.78, 5) is 37.7. The second-order valence-corrected chi connectivity index (χ2v) is 9.84. The third-order valence-electron chi connectivity index (χ3n) is 4.39. The number of amides is 2. The Hall–Kier alpha value is -2.05. The van der Waals surface area contributed by atoms with Crippen LogP contribution in [0.3, 0.4) is 0 Å². The van der Waals surface area contributed by atoms with Gasteiger partial charge in [0, 0.05) is 3.57 Å². The number of benzene rings is 2. The second-order valence-electron chi connectivity index (χ2n) is 6.75. The molecule has 1 saturated heterocycles. The van der Waals surface area contributed by atoms with E-state index in [1.165, 1.54) is 0 Å². The third kappa shape index (κ3) is 6.73. The molecule has 2 aromatic rings. The fourth-order valence-electron chi connectivity index (χ4n) is 2.93. The van der Waals surface area contributed by atoms with Crippen LogP contribution in [0.4, 0.5) is 4.79 Å². The molecular weight excluding hydrogens is 625 g/mol. The van der Waals surface area contributed by atoms with E-state index in [-0.39, 0.29) is 11.5 Å². The molecule has 0 spiro atoms. The highest BCUT2D eigenvalue weighted by Crippen LogP contribution is 2.39. The van der Waals surface area contributed by atoms with Gasteiger partial charge in [0.2, 0.25) is 0 Å². The minimum absolute atomic E-state index is 0.178. The lowest BCUT2D eigenvalue weighted by atomic mass is 10.1. The number of carbonyl (C=O) groups is 3. The average molecular weight is 646 g/mol. The first-order valence-corrected chi connectivity index (χ1v) is 12.8. The summed E-state index contributed by atoms with van der Waals surface area (Å²) < 4.78 is 18.4. The second kappa shape index (κ2) is 11.9. The van der Waals surface area contributed by atoms with Gasteiger partial charge in [-0.1, -0.05) is 12.1 Å². The minimum atomic E-state index is -0.628. The molecule has 1 heterocycles. The van der Waals surface area contributed by atoms with Crippen molar-refractivity contribution in [3.05, 3.63) is 60.5 Å². The lowest BCUT2D eigenvalue weighted by Gasteiger charge is -2.15. The smallest absolute Gasteiger partial charge is 0.326 e. The maximum Gasteiger partial charge on any atom is 0.326 e. The van der Waals surface area contributed by atoms with E-state index in [0.717, 1.165) is 25.8 Å². The van der Waals surface area contributed by atoms with Crippen molar-refractivity contribution in [3.8, 4) is 11.5 Å². The fourth-order valence-corrected chi connectivity index (χ4v) is 4.71. The van der Waals surface area contributed by atoms with E-state index in [4.69, 9.17) is 14.2 Å². The first-order valence-electron chi connectivity index (χ1n) is 10.1. The van der Waals surface area contributed by atoms with Gasteiger partial charge in [-0.15, -0.1) is 0 Å². The van der Waals surface area contributed by atoms with Crippen molar-refractivity contribution in [2.24, 2.45) is 0 Å². The van der Waals surface area contributed by atoms with Crippen LogP contribution in [-0.2, 0) is 20.9 Å². The molecule has 0 atom stereocenters. The maximum atomic E-state index is 12.6. The SMILES string of the molecule is CCOC(=O)CN1C(=O)S/C(=C/c2cc(Br)c(OCc3ccc(I)cc3)c(OCC)c2)C1=O. The molecular formula is C23H21BrINO6S. The Morgan fingerprint density at radius 1 is 1.12 bits per heavy atom. The van der Waals surface area contributed by atoms with Crippen molar-refractivity contribution in [2.75, 3.05) is 19.8 Å². The molecule has 2 amide bonds. The highest BCUT2D eigenvalue weighted by atomic mass is 127. The van der Waals surface area contributed by atoms with Gasteiger partial charge in [0.15, 0.2) is 11.5 Å². The molecule has 0 bridgehead atoms. The van der Waals surface area contributed by atoms with Crippen molar-refractivity contribution in [1.82, 2.24) is 4.90 Å². The molecule has 0 saturated carbocycles. The predicted octanol–water partition coefficient (Wildman–Crippen LogP) is 5.63. The number of hydrogen-bond donors (Lipinski definition) is 0. The Balaban J connectivity index is 1.81. The van der Waals surface area contributed by atoms with Crippen LogP contribution in [0, 0.1) is 3.57 Å². The van der Waals surface area contributed by atoms with E-state index in [9.17, 15) is 14.4 Å². The lowest BCUT2D eigenvalue weighted by molar-refractivity contribution is -0.145. The van der Waals surface area contributed by atoms with Crippen molar-refractivity contribution >= 4 is 73.5 Å². The molecule has 0 radical (unpaired) electrons. The van der Waals surface area contributed by atoms with Crippen LogP contribution in [0.2, 0.25) is 0 Å². The van der Waals surface area contributed by atoms with Gasteiger partial charge in [-0.2, -0.15) is 0 Å². The zero-order valence-corrected chi connectivity index (χ0v) is 22.5. The van der Waals surface area contributed by atoms with Crippen LogP contribution >= 0.6 is 50.3 Å². The van der Waals surface area contributed by atoms with Crippen LogP contribution in [0.1, 0.15) is 25.0 Å². The summed E-state index contributed by atoms with van der Waals surface area (Å²) in [5.41, 5.74) is 1.66. The Labute approximate surface area is 218 Å². The van der Waals surface area contributed by atoms with Crippen LogP contribution in [0.5, 0.6) is 11.5 Å². The van der Waals surface area contributed by atoms with Gasteiger partial charge < -0.3 is 14.2 Å². The molecule has 0 aliphatic carbocycles. The first-order chi connectivity index (χ1) is 15.8. The van der Waals surface area contributed by atoms with E-state index in [0.29, 0.717) is 34.7 Å². The molecule has 33 heavy (non-hydrogen) atoms. The Kier molecular flexibility index (Phi) is 9.21. The summed E-state index contributed by atoms with van der Waals surface area (Å²) in [6.07, 6.45) is 1.59. The number of thioether (sulfide) groups is 1. The zero-order chi connectivity index (χ0) is 24.0. The summed E-state index contributed by atoms with van der Waals surface area (Å²) in [5.74, 6) is -0.111. The molecule has 0 N–H and O–H groups in total. The van der Waals surface area contributed by atoms with Gasteiger partial charge >= 0.3 is 5.97 Å². The van der Waals surface area contributed by atoms with E-state index >= 15 is 0 Å². The van der Waals surface area contributed by atoms with Crippen LogP contribution < -0.4 is 9.47 Å². The fraction of sp³-hybridized carbons (Fsp3) is 0.261. The van der Waals surface area contributed by atoms with Crippen molar-refractivity contribution in [3.63, 3.8) is 0 Å². The number of rotatable bonds is 9. The number of ether oxygens (including phenoxy) is 3. The van der Waals surface area contributed by atoms with Gasteiger partial charge in [0.25, 0.3) is 11.1 Å². The van der Waals surface area contributed by atoms with E-state index < -0.39 is 23.7 Å². The minimum Gasteiger partial charge on any atom is -0.490 e. The van der Waals surface area contributed by atoms with Gasteiger partial charge in [0.1, 0.15) is 13.2 Å². The van der Waals surface area contributed by atoms with Gasteiger partial charge in [-0.05, 0) is 106 Å². The molecule has 1 aliphatic heterocycles. The predicted molar refractivity (Wildman–Crippen MR) is 138 cm³/mol. The van der Waals surface area contributed by atoms with Crippen LogP contribution in [0.15, 0.2) is 45.8 Å². The number of carbonyl (C=O) groups excluding carboxylic acids is 3. The first kappa shape index (κ1) is 25.6. The Morgan fingerprint density at radius 3 is 2.52 bits per heavy atom. The normalized spacial score (nSPS) is 14.7. The van der Waals surface area contributed by atoms with Gasteiger partial charge in [-0.25, -0.2) is 0 Å². The van der Waals surface area contributed by atoms with Crippen molar-refractivity contribution < 1.29 is 28.6 Å². The lowest BCUT2D eigenvalue weighted by Crippen LogP contribution is -2.34. The number of esters is 1. The molecule has 174 valence electrons. The Bertz CT molecular complexity index is 1090.